The van der Waals surface area contributed by atoms with Crippen molar-refractivity contribution in [1.82, 2.24) is 0 Å². The molecular weight excluding hydrogens is 260 g/mol. The van der Waals surface area contributed by atoms with Crippen molar-refractivity contribution >= 4 is 20.3 Å². The molecule has 5 heteroatoms. The number of rotatable bonds is 7. The molecule has 0 bridgehead atoms. The lowest BCUT2D eigenvalue weighted by Gasteiger charge is -2.41. The van der Waals surface area contributed by atoms with E-state index in [1.807, 2.05) is 0 Å². The van der Waals surface area contributed by atoms with Gasteiger partial charge in [-0.05, 0) is 16.6 Å². The summed E-state index contributed by atoms with van der Waals surface area (Å²) in [6, 6.07) is 0. The van der Waals surface area contributed by atoms with Crippen molar-refractivity contribution in [1.29, 1.82) is 0 Å². The minimum Gasteiger partial charge on any atom is -0.516 e. The average Bonchev–Trinajstić information content (AvgIpc) is 2.31. The van der Waals surface area contributed by atoms with Gasteiger partial charge in [0.05, 0.1) is 0 Å². The molecule has 0 aliphatic carbocycles. The summed E-state index contributed by atoms with van der Waals surface area (Å²) in [6.45, 7) is 15.5. The second-order valence-corrected chi connectivity index (χ2v) is 11.0. The van der Waals surface area contributed by atoms with E-state index in [-0.39, 0.29) is 6.61 Å². The van der Waals surface area contributed by atoms with Crippen LogP contribution in [0.5, 0.6) is 0 Å². The minimum absolute atomic E-state index is 0.312. The van der Waals surface area contributed by atoms with Crippen LogP contribution in [0.25, 0.3) is 0 Å². The maximum atomic E-state index is 11.9. The lowest BCUT2D eigenvalue weighted by molar-refractivity contribution is -0.150. The summed E-state index contributed by atoms with van der Waals surface area (Å²) in [4.78, 5) is 22.8. The first-order valence-electron chi connectivity index (χ1n) is 6.69. The molecule has 0 aromatic rings. The van der Waals surface area contributed by atoms with Gasteiger partial charge in [0, 0.05) is 6.08 Å². The van der Waals surface area contributed by atoms with E-state index in [9.17, 15) is 9.59 Å². The zero-order valence-electron chi connectivity index (χ0n) is 12.9. The van der Waals surface area contributed by atoms with Crippen molar-refractivity contribution in [2.75, 3.05) is 6.61 Å². The molecule has 0 spiro atoms. The van der Waals surface area contributed by atoms with Crippen LogP contribution in [-0.4, -0.2) is 26.9 Å². The van der Waals surface area contributed by atoms with Crippen molar-refractivity contribution in [2.45, 2.75) is 58.2 Å². The topological polar surface area (TPSA) is 52.6 Å². The second kappa shape index (κ2) is 7.48. The van der Waals surface area contributed by atoms with Gasteiger partial charge in [-0.1, -0.05) is 48.1 Å². The second-order valence-electron chi connectivity index (χ2n) is 5.60. The van der Waals surface area contributed by atoms with Crippen LogP contribution in [0, 0.1) is 0 Å². The first kappa shape index (κ1) is 17.9. The highest BCUT2D eigenvalue weighted by molar-refractivity contribution is 6.78. The molecule has 0 N–H and O–H groups in total. The zero-order chi connectivity index (χ0) is 15.2. The monoisotopic (exact) mass is 286 g/mol. The SMILES string of the molecule is C=CC(=O)OCC(=O)O[Si](C(C)C)(C(C)C)C(C)C. The third kappa shape index (κ3) is 4.49. The summed E-state index contributed by atoms with van der Waals surface area (Å²) < 4.78 is 10.5. The van der Waals surface area contributed by atoms with Crippen molar-refractivity contribution in [2.24, 2.45) is 0 Å². The summed E-state index contributed by atoms with van der Waals surface area (Å²) >= 11 is 0. The number of hydrogen-bond acceptors (Lipinski definition) is 4. The molecule has 0 aliphatic heterocycles. The van der Waals surface area contributed by atoms with E-state index < -0.39 is 20.3 Å². The number of ether oxygens (including phenoxy) is 1. The van der Waals surface area contributed by atoms with Crippen LogP contribution in [0.4, 0.5) is 0 Å². The molecule has 0 atom stereocenters. The van der Waals surface area contributed by atoms with Crippen molar-refractivity contribution in [3.05, 3.63) is 12.7 Å². The molecule has 19 heavy (non-hydrogen) atoms. The van der Waals surface area contributed by atoms with Gasteiger partial charge in [0.25, 0.3) is 8.32 Å². The van der Waals surface area contributed by atoms with E-state index >= 15 is 0 Å². The summed E-state index contributed by atoms with van der Waals surface area (Å²) in [5.74, 6) is -1.07. The molecule has 4 nitrogen and oxygen atoms in total. The van der Waals surface area contributed by atoms with Gasteiger partial charge in [0.2, 0.25) is 0 Å². The van der Waals surface area contributed by atoms with Crippen LogP contribution in [-0.2, 0) is 18.8 Å². The summed E-state index contributed by atoms with van der Waals surface area (Å²) in [7, 11) is -2.24. The van der Waals surface area contributed by atoms with E-state index in [0.29, 0.717) is 16.6 Å². The molecule has 0 rings (SSSR count). The molecule has 0 aromatic carbocycles. The highest BCUT2D eigenvalue weighted by atomic mass is 28.4. The number of carbonyl (C=O) groups excluding carboxylic acids is 2. The lowest BCUT2D eigenvalue weighted by Crippen LogP contribution is -2.49. The Morgan fingerprint density at radius 3 is 1.79 bits per heavy atom. The molecule has 0 heterocycles. The fourth-order valence-corrected chi connectivity index (χ4v) is 7.93. The third-order valence-electron chi connectivity index (χ3n) is 3.50. The van der Waals surface area contributed by atoms with Gasteiger partial charge in [-0.3, -0.25) is 0 Å². The first-order chi connectivity index (χ1) is 8.68. The summed E-state index contributed by atoms with van der Waals surface area (Å²) in [5, 5.41) is 0. The zero-order valence-corrected chi connectivity index (χ0v) is 13.9. The Bertz CT molecular complexity index is 313. The van der Waals surface area contributed by atoms with E-state index in [1.54, 1.807) is 0 Å². The first-order valence-corrected chi connectivity index (χ1v) is 8.83. The molecule has 0 aliphatic rings. The van der Waals surface area contributed by atoms with Gasteiger partial charge < -0.3 is 9.16 Å². The van der Waals surface area contributed by atoms with Gasteiger partial charge in [0.15, 0.2) is 6.61 Å². The average molecular weight is 286 g/mol. The molecular formula is C14H26O4Si. The summed E-state index contributed by atoms with van der Waals surface area (Å²) in [6.07, 6.45) is 1.03. The quantitative estimate of drug-likeness (QED) is 0.409. The van der Waals surface area contributed by atoms with Gasteiger partial charge >= 0.3 is 11.9 Å². The molecule has 0 amide bonds. The van der Waals surface area contributed by atoms with E-state index in [2.05, 4.69) is 48.1 Å². The van der Waals surface area contributed by atoms with Gasteiger partial charge in [-0.25, -0.2) is 9.59 Å². The van der Waals surface area contributed by atoms with Crippen LogP contribution in [0.15, 0.2) is 12.7 Å². The molecule has 0 saturated heterocycles. The fraction of sp³-hybridized carbons (Fsp3) is 0.714. The molecule has 110 valence electrons. The Hall–Kier alpha value is -1.10. The Morgan fingerprint density at radius 2 is 1.47 bits per heavy atom. The number of carbonyl (C=O) groups is 2. The lowest BCUT2D eigenvalue weighted by atomic mass is 10.5. The highest BCUT2D eigenvalue weighted by Crippen LogP contribution is 2.42. The largest absolute Gasteiger partial charge is 0.516 e. The molecule has 0 fully saturated rings. The van der Waals surface area contributed by atoms with Crippen LogP contribution in [0.2, 0.25) is 16.6 Å². The number of hydrogen-bond donors (Lipinski definition) is 0. The maximum absolute atomic E-state index is 11.9. The Labute approximate surface area is 117 Å². The van der Waals surface area contributed by atoms with Crippen LogP contribution >= 0.6 is 0 Å². The maximum Gasteiger partial charge on any atom is 0.331 e. The minimum atomic E-state index is -2.24. The predicted molar refractivity (Wildman–Crippen MR) is 78.3 cm³/mol. The van der Waals surface area contributed by atoms with E-state index in [0.717, 1.165) is 6.08 Å². The van der Waals surface area contributed by atoms with E-state index in [1.165, 1.54) is 0 Å². The Kier molecular flexibility index (Phi) is 7.04. The molecule has 0 unspecified atom stereocenters. The van der Waals surface area contributed by atoms with Crippen LogP contribution < -0.4 is 0 Å². The fourth-order valence-electron chi connectivity index (χ4n) is 2.77. The van der Waals surface area contributed by atoms with E-state index in [4.69, 9.17) is 9.16 Å². The van der Waals surface area contributed by atoms with Gasteiger partial charge in [0.1, 0.15) is 0 Å². The van der Waals surface area contributed by atoms with Gasteiger partial charge in [-0.15, -0.1) is 0 Å². The van der Waals surface area contributed by atoms with Crippen molar-refractivity contribution < 1.29 is 18.8 Å². The Balaban J connectivity index is 4.88. The molecule has 0 saturated carbocycles. The van der Waals surface area contributed by atoms with Gasteiger partial charge in [-0.2, -0.15) is 0 Å². The Morgan fingerprint density at radius 1 is 1.05 bits per heavy atom. The summed E-state index contributed by atoms with van der Waals surface area (Å²) in [5.41, 5.74) is 0.935. The van der Waals surface area contributed by atoms with Crippen molar-refractivity contribution in [3.8, 4) is 0 Å². The third-order valence-corrected chi connectivity index (χ3v) is 9.49. The number of esters is 1. The predicted octanol–water partition coefficient (Wildman–Crippen LogP) is 3.43. The molecule has 0 radical (unpaired) electrons. The van der Waals surface area contributed by atoms with Crippen LogP contribution in [0.1, 0.15) is 41.5 Å². The molecule has 0 aromatic heterocycles. The van der Waals surface area contributed by atoms with Crippen LogP contribution in [0.3, 0.4) is 0 Å². The highest BCUT2D eigenvalue weighted by Gasteiger charge is 2.48. The van der Waals surface area contributed by atoms with Crippen molar-refractivity contribution in [3.63, 3.8) is 0 Å². The standard InChI is InChI=1S/C14H26O4Si/c1-8-13(15)17-9-14(16)18-19(10(2)3,11(4)5)12(6)7/h8,10-12H,1,9H2,2-7H3. The normalized spacial score (nSPS) is 11.8. The smallest absolute Gasteiger partial charge is 0.331 e.